The molecule has 0 saturated carbocycles. The number of carbonyl (C=O) groups excluding carboxylic acids is 1. The fourth-order valence-corrected chi connectivity index (χ4v) is 3.23. The maximum atomic E-state index is 12.1. The maximum Gasteiger partial charge on any atom is 0.227 e. The Balaban J connectivity index is 1.97. The van der Waals surface area contributed by atoms with E-state index in [1.165, 1.54) is 10.4 Å². The molecule has 1 aromatic rings. The first-order valence-corrected chi connectivity index (χ1v) is 7.12. The highest BCUT2D eigenvalue weighted by Crippen LogP contribution is 2.34. The first kappa shape index (κ1) is 12.6. The van der Waals surface area contributed by atoms with Gasteiger partial charge in [-0.1, -0.05) is 6.92 Å². The third kappa shape index (κ3) is 2.87. The molecule has 2 N–H and O–H groups in total. The summed E-state index contributed by atoms with van der Waals surface area (Å²) in [6.07, 6.45) is 3.37. The molecular weight excluding hydrogens is 234 g/mol. The van der Waals surface area contributed by atoms with Crippen LogP contribution >= 0.6 is 11.3 Å². The molecule has 0 aliphatic heterocycles. The third-order valence-corrected chi connectivity index (χ3v) is 4.35. The second-order valence-corrected chi connectivity index (χ2v) is 5.55. The zero-order valence-corrected chi connectivity index (χ0v) is 10.9. The van der Waals surface area contributed by atoms with Gasteiger partial charge in [0.05, 0.1) is 12.0 Å². The molecule has 1 aliphatic rings. The van der Waals surface area contributed by atoms with Gasteiger partial charge in [-0.2, -0.15) is 0 Å². The zero-order chi connectivity index (χ0) is 12.3. The first-order valence-electron chi connectivity index (χ1n) is 6.24. The van der Waals surface area contributed by atoms with Crippen LogP contribution in [0, 0.1) is 0 Å². The summed E-state index contributed by atoms with van der Waals surface area (Å²) in [5.41, 5.74) is 1.20. The molecule has 1 heterocycles. The molecule has 2 atom stereocenters. The number of hydrogen-bond donors (Lipinski definition) is 2. The molecule has 0 spiro atoms. The van der Waals surface area contributed by atoms with Crippen molar-refractivity contribution in [2.75, 3.05) is 6.54 Å². The van der Waals surface area contributed by atoms with Gasteiger partial charge in [-0.05, 0) is 42.7 Å². The molecule has 0 bridgehead atoms. The lowest BCUT2D eigenvalue weighted by atomic mass is 9.87. The lowest BCUT2D eigenvalue weighted by Gasteiger charge is -2.22. The van der Waals surface area contributed by atoms with Gasteiger partial charge in [-0.25, -0.2) is 0 Å². The summed E-state index contributed by atoms with van der Waals surface area (Å²) < 4.78 is 0. The summed E-state index contributed by atoms with van der Waals surface area (Å²) in [6, 6.07) is 2.07. The van der Waals surface area contributed by atoms with E-state index in [2.05, 4.69) is 16.8 Å². The van der Waals surface area contributed by atoms with Crippen LogP contribution in [-0.4, -0.2) is 23.7 Å². The van der Waals surface area contributed by atoms with Crippen LogP contribution in [0.5, 0.6) is 0 Å². The minimum atomic E-state index is -0.426. The second kappa shape index (κ2) is 5.65. The molecule has 1 amide bonds. The molecule has 3 nitrogen and oxygen atoms in total. The summed E-state index contributed by atoms with van der Waals surface area (Å²) in [4.78, 5) is 13.4. The van der Waals surface area contributed by atoms with Crippen molar-refractivity contribution in [1.82, 2.24) is 5.32 Å². The molecular formula is C13H19NO2S. The van der Waals surface area contributed by atoms with E-state index < -0.39 is 6.10 Å². The number of aliphatic hydroxyl groups excluding tert-OH is 1. The van der Waals surface area contributed by atoms with Crippen LogP contribution in [0.3, 0.4) is 0 Å². The summed E-state index contributed by atoms with van der Waals surface area (Å²) in [6.45, 7) is 2.28. The number of aliphatic hydroxyl groups is 1. The Morgan fingerprint density at radius 1 is 1.71 bits per heavy atom. The van der Waals surface area contributed by atoms with E-state index in [1.807, 2.05) is 6.92 Å². The molecule has 4 heteroatoms. The Labute approximate surface area is 106 Å². The van der Waals surface area contributed by atoms with Crippen molar-refractivity contribution in [1.29, 1.82) is 0 Å². The summed E-state index contributed by atoms with van der Waals surface area (Å²) >= 11 is 1.75. The summed E-state index contributed by atoms with van der Waals surface area (Å²) in [5.74, 6) is 0.0610. The van der Waals surface area contributed by atoms with Crippen LogP contribution in [-0.2, 0) is 11.2 Å². The fraction of sp³-hybridized carbons (Fsp3) is 0.615. The van der Waals surface area contributed by atoms with Gasteiger partial charge in [-0.15, -0.1) is 11.3 Å². The molecule has 0 aromatic carbocycles. The van der Waals surface area contributed by atoms with Crippen molar-refractivity contribution in [3.8, 4) is 0 Å². The van der Waals surface area contributed by atoms with Crippen LogP contribution in [0.2, 0.25) is 0 Å². The van der Waals surface area contributed by atoms with E-state index in [9.17, 15) is 9.90 Å². The van der Waals surface area contributed by atoms with E-state index in [-0.39, 0.29) is 11.8 Å². The van der Waals surface area contributed by atoms with E-state index in [0.717, 1.165) is 19.3 Å². The van der Waals surface area contributed by atoms with Crippen molar-refractivity contribution < 1.29 is 9.90 Å². The molecule has 17 heavy (non-hydrogen) atoms. The SMILES string of the molecule is CCC(O)CNC(=O)C1CCCc2sccc21. The minimum Gasteiger partial charge on any atom is -0.391 e. The average Bonchev–Trinajstić information content (AvgIpc) is 2.83. The molecule has 0 fully saturated rings. The molecule has 1 aliphatic carbocycles. The predicted molar refractivity (Wildman–Crippen MR) is 69.3 cm³/mol. The van der Waals surface area contributed by atoms with Crippen LogP contribution in [0.1, 0.15) is 42.5 Å². The van der Waals surface area contributed by atoms with Gasteiger partial charge in [0.25, 0.3) is 0 Å². The zero-order valence-electron chi connectivity index (χ0n) is 10.1. The molecule has 2 rings (SSSR count). The van der Waals surface area contributed by atoms with Crippen LogP contribution in [0.25, 0.3) is 0 Å². The Kier molecular flexibility index (Phi) is 4.18. The van der Waals surface area contributed by atoms with Gasteiger partial charge >= 0.3 is 0 Å². The van der Waals surface area contributed by atoms with Crippen LogP contribution in [0.4, 0.5) is 0 Å². The number of amides is 1. The largest absolute Gasteiger partial charge is 0.391 e. The van der Waals surface area contributed by atoms with E-state index >= 15 is 0 Å². The van der Waals surface area contributed by atoms with E-state index in [4.69, 9.17) is 0 Å². The van der Waals surface area contributed by atoms with Crippen molar-refractivity contribution in [3.63, 3.8) is 0 Å². The number of carbonyl (C=O) groups is 1. The van der Waals surface area contributed by atoms with Gasteiger partial charge in [0, 0.05) is 11.4 Å². The normalized spacial score (nSPS) is 20.7. The Hall–Kier alpha value is -0.870. The number of aryl methyl sites for hydroxylation is 1. The Morgan fingerprint density at radius 3 is 3.29 bits per heavy atom. The quantitative estimate of drug-likeness (QED) is 0.863. The van der Waals surface area contributed by atoms with Gasteiger partial charge < -0.3 is 10.4 Å². The predicted octanol–water partition coefficient (Wildman–Crippen LogP) is 2.06. The fourth-order valence-electron chi connectivity index (χ4n) is 2.24. The lowest BCUT2D eigenvalue weighted by Crippen LogP contribution is -2.36. The minimum absolute atomic E-state index is 0.00550. The number of fused-ring (bicyclic) bond motifs is 1. The number of nitrogens with one attached hydrogen (secondary N) is 1. The Bertz CT molecular complexity index is 389. The summed E-state index contributed by atoms with van der Waals surface area (Å²) in [5, 5.41) is 14.4. The first-order chi connectivity index (χ1) is 8.22. The highest BCUT2D eigenvalue weighted by atomic mass is 32.1. The van der Waals surface area contributed by atoms with E-state index in [0.29, 0.717) is 13.0 Å². The monoisotopic (exact) mass is 253 g/mol. The molecule has 0 radical (unpaired) electrons. The smallest absolute Gasteiger partial charge is 0.227 e. The van der Waals surface area contributed by atoms with Crippen molar-refractivity contribution in [3.05, 3.63) is 21.9 Å². The van der Waals surface area contributed by atoms with Crippen molar-refractivity contribution in [2.45, 2.75) is 44.6 Å². The number of hydrogen-bond acceptors (Lipinski definition) is 3. The van der Waals surface area contributed by atoms with Gasteiger partial charge in [0.1, 0.15) is 0 Å². The van der Waals surface area contributed by atoms with Crippen LogP contribution in [0.15, 0.2) is 11.4 Å². The highest BCUT2D eigenvalue weighted by Gasteiger charge is 2.27. The van der Waals surface area contributed by atoms with E-state index in [1.54, 1.807) is 11.3 Å². The number of rotatable bonds is 4. The molecule has 2 unspecified atom stereocenters. The lowest BCUT2D eigenvalue weighted by molar-refractivity contribution is -0.123. The van der Waals surface area contributed by atoms with Gasteiger partial charge in [-0.3, -0.25) is 4.79 Å². The maximum absolute atomic E-state index is 12.1. The highest BCUT2D eigenvalue weighted by molar-refractivity contribution is 7.10. The molecule has 94 valence electrons. The Morgan fingerprint density at radius 2 is 2.53 bits per heavy atom. The molecule has 0 saturated heterocycles. The number of thiophene rings is 1. The van der Waals surface area contributed by atoms with Gasteiger partial charge in [0.2, 0.25) is 5.91 Å². The summed E-state index contributed by atoms with van der Waals surface area (Å²) in [7, 11) is 0. The van der Waals surface area contributed by atoms with Gasteiger partial charge in [0.15, 0.2) is 0 Å². The van der Waals surface area contributed by atoms with Crippen molar-refractivity contribution >= 4 is 17.2 Å². The topological polar surface area (TPSA) is 49.3 Å². The average molecular weight is 253 g/mol. The second-order valence-electron chi connectivity index (χ2n) is 4.55. The van der Waals surface area contributed by atoms with Crippen molar-refractivity contribution in [2.24, 2.45) is 0 Å². The van der Waals surface area contributed by atoms with Crippen LogP contribution < -0.4 is 5.32 Å². The third-order valence-electron chi connectivity index (χ3n) is 3.35. The standard InChI is InChI=1S/C13H19NO2S/c1-2-9(15)8-14-13(16)11-4-3-5-12-10(11)6-7-17-12/h6-7,9,11,15H,2-5,8H2,1H3,(H,14,16). The molecule has 1 aromatic heterocycles.